The lowest BCUT2D eigenvalue weighted by molar-refractivity contribution is -0.141. The summed E-state index contributed by atoms with van der Waals surface area (Å²) in [5.41, 5.74) is -0.972. The fourth-order valence-electron chi connectivity index (χ4n) is 0.825. The van der Waals surface area contributed by atoms with Gasteiger partial charge in [0.05, 0.1) is 13.5 Å². The van der Waals surface area contributed by atoms with Crippen LogP contribution in [0, 0.1) is 0 Å². The molecule has 0 unspecified atom stereocenters. The summed E-state index contributed by atoms with van der Waals surface area (Å²) in [6, 6.07) is 0.775. The number of aromatic nitrogens is 2. The number of hydrogen-bond donors (Lipinski definition) is 1. The Bertz CT molecular complexity index is 332. The molecule has 0 spiro atoms. The van der Waals surface area contributed by atoms with E-state index < -0.39 is 17.8 Å². The summed E-state index contributed by atoms with van der Waals surface area (Å²) in [5.74, 6) is -0.623. The summed E-state index contributed by atoms with van der Waals surface area (Å²) >= 11 is 0. The quantitative estimate of drug-likeness (QED) is 0.741. The Morgan fingerprint density at radius 3 is 2.71 bits per heavy atom. The highest BCUT2D eigenvalue weighted by Gasteiger charge is 2.33. The van der Waals surface area contributed by atoms with E-state index in [1.165, 1.54) is 0 Å². The van der Waals surface area contributed by atoms with Gasteiger partial charge in [0.15, 0.2) is 5.69 Å². The molecule has 0 aromatic carbocycles. The molecule has 1 aromatic heterocycles. The molecule has 4 nitrogen and oxygen atoms in total. The third-order valence-corrected chi connectivity index (χ3v) is 1.48. The Labute approximate surface area is 77.1 Å². The number of H-pyrrole nitrogens is 1. The summed E-state index contributed by atoms with van der Waals surface area (Å²) in [6.45, 7) is 0. The lowest BCUT2D eigenvalue weighted by Crippen LogP contribution is -2.05. The van der Waals surface area contributed by atoms with Crippen LogP contribution >= 0.6 is 0 Å². The number of rotatable bonds is 2. The molecule has 0 amide bonds. The lowest BCUT2D eigenvalue weighted by atomic mass is 10.3. The first-order valence-corrected chi connectivity index (χ1v) is 3.62. The van der Waals surface area contributed by atoms with Crippen molar-refractivity contribution >= 4 is 5.97 Å². The maximum atomic E-state index is 12.0. The summed E-state index contributed by atoms with van der Waals surface area (Å²) in [7, 11) is 1.16. The minimum Gasteiger partial charge on any atom is -0.469 e. The first kappa shape index (κ1) is 10.6. The van der Waals surface area contributed by atoms with Gasteiger partial charge < -0.3 is 4.74 Å². The predicted octanol–water partition coefficient (Wildman–Crippen LogP) is 1.14. The first-order chi connectivity index (χ1) is 6.43. The van der Waals surface area contributed by atoms with Crippen molar-refractivity contribution in [1.29, 1.82) is 0 Å². The number of ether oxygens (including phenoxy) is 1. The summed E-state index contributed by atoms with van der Waals surface area (Å²) in [5, 5.41) is 5.12. The number of aromatic amines is 1. The molecule has 0 fully saturated rings. The van der Waals surface area contributed by atoms with Gasteiger partial charge in [-0.05, 0) is 6.07 Å². The van der Waals surface area contributed by atoms with Crippen molar-refractivity contribution in [3.8, 4) is 0 Å². The molecule has 1 N–H and O–H groups in total. The average molecular weight is 208 g/mol. The van der Waals surface area contributed by atoms with Crippen LogP contribution in [0.4, 0.5) is 13.2 Å². The van der Waals surface area contributed by atoms with Crippen LogP contribution in [-0.2, 0) is 22.1 Å². The van der Waals surface area contributed by atoms with Crippen LogP contribution in [0.15, 0.2) is 6.07 Å². The maximum Gasteiger partial charge on any atom is 0.435 e. The minimum atomic E-state index is -4.50. The monoisotopic (exact) mass is 208 g/mol. The van der Waals surface area contributed by atoms with Crippen molar-refractivity contribution in [2.75, 3.05) is 7.11 Å². The number of nitrogens with zero attached hydrogens (tertiary/aromatic N) is 1. The second kappa shape index (κ2) is 3.69. The Balaban J connectivity index is 2.74. The molecule has 0 aliphatic rings. The minimum absolute atomic E-state index is 0.0733. The molecule has 0 radical (unpaired) electrons. The van der Waals surface area contributed by atoms with Crippen molar-refractivity contribution in [2.45, 2.75) is 12.6 Å². The number of nitrogens with one attached hydrogen (secondary N) is 1. The highest BCUT2D eigenvalue weighted by atomic mass is 19.4. The topological polar surface area (TPSA) is 55.0 Å². The normalized spacial score (nSPS) is 11.4. The zero-order valence-electron chi connectivity index (χ0n) is 7.18. The van der Waals surface area contributed by atoms with Crippen molar-refractivity contribution < 1.29 is 22.7 Å². The smallest absolute Gasteiger partial charge is 0.435 e. The zero-order chi connectivity index (χ0) is 10.8. The third kappa shape index (κ3) is 2.48. The summed E-state index contributed by atoms with van der Waals surface area (Å²) < 4.78 is 40.3. The predicted molar refractivity (Wildman–Crippen MR) is 39.3 cm³/mol. The lowest BCUT2D eigenvalue weighted by Gasteiger charge is -1.98. The summed E-state index contributed by atoms with van der Waals surface area (Å²) in [6.07, 6.45) is -4.75. The van der Waals surface area contributed by atoms with Gasteiger partial charge in [-0.15, -0.1) is 0 Å². The fraction of sp³-hybridized carbons (Fsp3) is 0.429. The molecule has 0 atom stereocenters. The Morgan fingerprint density at radius 2 is 2.29 bits per heavy atom. The molecular weight excluding hydrogens is 201 g/mol. The van der Waals surface area contributed by atoms with Crippen LogP contribution in [0.1, 0.15) is 11.4 Å². The van der Waals surface area contributed by atoms with Crippen molar-refractivity contribution in [3.05, 3.63) is 17.5 Å². The van der Waals surface area contributed by atoms with Crippen LogP contribution < -0.4 is 0 Å². The van der Waals surface area contributed by atoms with Gasteiger partial charge in [-0.2, -0.15) is 18.3 Å². The van der Waals surface area contributed by atoms with Gasteiger partial charge >= 0.3 is 12.1 Å². The Kier molecular flexibility index (Phi) is 2.78. The zero-order valence-corrected chi connectivity index (χ0v) is 7.18. The number of hydrogen-bond acceptors (Lipinski definition) is 3. The summed E-state index contributed by atoms with van der Waals surface area (Å²) in [4.78, 5) is 10.7. The highest BCUT2D eigenvalue weighted by molar-refractivity contribution is 5.71. The van der Waals surface area contributed by atoms with E-state index in [-0.39, 0.29) is 12.1 Å². The number of esters is 1. The standard InChI is InChI=1S/C7H7F3N2O2/c1-14-6(13)3-4-2-5(12-11-4)7(8,9)10/h2H,3H2,1H3,(H,11,12). The van der Waals surface area contributed by atoms with Gasteiger partial charge in [0, 0.05) is 5.69 Å². The number of halogens is 3. The van der Waals surface area contributed by atoms with Crippen LogP contribution in [0.5, 0.6) is 0 Å². The average Bonchev–Trinajstić information content (AvgIpc) is 2.51. The highest BCUT2D eigenvalue weighted by Crippen LogP contribution is 2.27. The van der Waals surface area contributed by atoms with E-state index in [1.54, 1.807) is 0 Å². The van der Waals surface area contributed by atoms with E-state index in [4.69, 9.17) is 0 Å². The van der Waals surface area contributed by atoms with E-state index in [0.717, 1.165) is 13.2 Å². The van der Waals surface area contributed by atoms with E-state index in [9.17, 15) is 18.0 Å². The molecule has 1 rings (SSSR count). The molecule has 0 aliphatic carbocycles. The van der Waals surface area contributed by atoms with Crippen LogP contribution in [0.3, 0.4) is 0 Å². The van der Waals surface area contributed by atoms with Gasteiger partial charge in [-0.3, -0.25) is 9.89 Å². The molecule has 7 heteroatoms. The number of carbonyl (C=O) groups is 1. The van der Waals surface area contributed by atoms with Gasteiger partial charge in [0.1, 0.15) is 0 Å². The van der Waals surface area contributed by atoms with E-state index in [0.29, 0.717) is 0 Å². The van der Waals surface area contributed by atoms with Crippen molar-refractivity contribution in [2.24, 2.45) is 0 Å². The molecule has 0 saturated carbocycles. The number of methoxy groups -OCH3 is 1. The van der Waals surface area contributed by atoms with Gasteiger partial charge in [0.25, 0.3) is 0 Å². The van der Waals surface area contributed by atoms with Crippen LogP contribution in [-0.4, -0.2) is 23.3 Å². The molecule has 1 aromatic rings. The van der Waals surface area contributed by atoms with Crippen LogP contribution in [0.2, 0.25) is 0 Å². The third-order valence-electron chi connectivity index (χ3n) is 1.48. The first-order valence-electron chi connectivity index (χ1n) is 3.62. The van der Waals surface area contributed by atoms with Gasteiger partial charge in [-0.25, -0.2) is 0 Å². The molecule has 1 heterocycles. The van der Waals surface area contributed by atoms with Crippen LogP contribution in [0.25, 0.3) is 0 Å². The van der Waals surface area contributed by atoms with E-state index in [2.05, 4.69) is 14.9 Å². The Hall–Kier alpha value is -1.53. The number of carbonyl (C=O) groups excluding carboxylic acids is 1. The maximum absolute atomic E-state index is 12.0. The van der Waals surface area contributed by atoms with E-state index in [1.807, 2.05) is 0 Å². The molecule has 14 heavy (non-hydrogen) atoms. The fourth-order valence-corrected chi connectivity index (χ4v) is 0.825. The van der Waals surface area contributed by atoms with Gasteiger partial charge in [0.2, 0.25) is 0 Å². The SMILES string of the molecule is COC(=O)Cc1cc(C(F)(F)F)n[nH]1. The van der Waals surface area contributed by atoms with E-state index >= 15 is 0 Å². The molecule has 78 valence electrons. The molecule has 0 aliphatic heterocycles. The molecule has 0 saturated heterocycles. The second-order valence-electron chi connectivity index (χ2n) is 2.53. The van der Waals surface area contributed by atoms with Gasteiger partial charge in [-0.1, -0.05) is 0 Å². The van der Waals surface area contributed by atoms with Crippen molar-refractivity contribution in [1.82, 2.24) is 10.2 Å². The largest absolute Gasteiger partial charge is 0.469 e. The Morgan fingerprint density at radius 1 is 1.64 bits per heavy atom. The molecular formula is C7H7F3N2O2. The number of alkyl halides is 3. The molecule has 0 bridgehead atoms. The van der Waals surface area contributed by atoms with Crippen molar-refractivity contribution in [3.63, 3.8) is 0 Å². The second-order valence-corrected chi connectivity index (χ2v) is 2.53.